The number of unbranched alkanes of at least 4 members (excludes halogenated alkanes) is 12. The van der Waals surface area contributed by atoms with E-state index in [1.54, 1.807) is 0 Å². The van der Waals surface area contributed by atoms with E-state index in [9.17, 15) is 4.79 Å². The van der Waals surface area contributed by atoms with E-state index in [2.05, 4.69) is 36.0 Å². The average molecular weight is 351 g/mol. The zero-order chi connectivity index (χ0) is 18.4. The minimum Gasteiger partial charge on any atom is -0.469 e. The predicted octanol–water partition coefficient (Wildman–Crippen LogP) is 7.53. The van der Waals surface area contributed by atoms with Crippen LogP contribution >= 0.6 is 0 Å². The van der Waals surface area contributed by atoms with Crippen LogP contribution < -0.4 is 0 Å². The number of carbonyl (C=O) groups excluding carboxylic acids is 1. The Morgan fingerprint density at radius 1 is 0.640 bits per heavy atom. The summed E-state index contributed by atoms with van der Waals surface area (Å²) in [5.41, 5.74) is 0. The molecule has 0 aromatic rings. The minimum absolute atomic E-state index is 0.108. The lowest BCUT2D eigenvalue weighted by Crippen LogP contribution is -1.98. The van der Waals surface area contributed by atoms with Gasteiger partial charge in [0.05, 0.1) is 7.11 Å². The second kappa shape index (κ2) is 21.0. The zero-order valence-electron chi connectivity index (χ0n) is 16.9. The van der Waals surface area contributed by atoms with Gasteiger partial charge in [0.1, 0.15) is 0 Å². The number of rotatable bonds is 18. The summed E-state index contributed by atoms with van der Waals surface area (Å²) in [5, 5.41) is 0. The summed E-state index contributed by atoms with van der Waals surface area (Å²) >= 11 is 0. The molecule has 0 bridgehead atoms. The monoisotopic (exact) mass is 350 g/mol. The summed E-state index contributed by atoms with van der Waals surface area (Å²) in [4.78, 5) is 10.9. The van der Waals surface area contributed by atoms with Crippen LogP contribution in [0.3, 0.4) is 0 Å². The van der Waals surface area contributed by atoms with Crippen LogP contribution in [-0.2, 0) is 9.53 Å². The van der Waals surface area contributed by atoms with Crippen LogP contribution in [0.15, 0.2) is 24.3 Å². The quantitative estimate of drug-likeness (QED) is 0.145. The minimum atomic E-state index is -0.108. The average Bonchev–Trinajstić information content (AvgIpc) is 2.63. The van der Waals surface area contributed by atoms with Crippen molar-refractivity contribution in [2.24, 2.45) is 0 Å². The molecular weight excluding hydrogens is 308 g/mol. The predicted molar refractivity (Wildman–Crippen MR) is 110 cm³/mol. The molecule has 0 aliphatic heterocycles. The van der Waals surface area contributed by atoms with E-state index in [4.69, 9.17) is 0 Å². The van der Waals surface area contributed by atoms with Gasteiger partial charge in [-0.1, -0.05) is 89.0 Å². The topological polar surface area (TPSA) is 26.3 Å². The first kappa shape index (κ1) is 23.9. The smallest absolute Gasteiger partial charge is 0.305 e. The maximum Gasteiger partial charge on any atom is 0.305 e. The summed E-state index contributed by atoms with van der Waals surface area (Å²) in [6.45, 7) is 2.28. The number of carbonyl (C=O) groups is 1. The van der Waals surface area contributed by atoms with E-state index < -0.39 is 0 Å². The van der Waals surface area contributed by atoms with Gasteiger partial charge < -0.3 is 4.74 Å². The third-order valence-corrected chi connectivity index (χ3v) is 4.54. The molecule has 0 rings (SSSR count). The summed E-state index contributed by atoms with van der Waals surface area (Å²) in [6, 6.07) is 0. The third-order valence-electron chi connectivity index (χ3n) is 4.54. The molecule has 0 aliphatic rings. The lowest BCUT2D eigenvalue weighted by atomic mass is 10.1. The molecule has 0 aliphatic carbocycles. The molecule has 0 saturated heterocycles. The van der Waals surface area contributed by atoms with E-state index in [0.717, 1.165) is 25.7 Å². The fourth-order valence-corrected chi connectivity index (χ4v) is 2.88. The van der Waals surface area contributed by atoms with Crippen LogP contribution in [0.4, 0.5) is 0 Å². The van der Waals surface area contributed by atoms with Crippen molar-refractivity contribution in [2.45, 2.75) is 110 Å². The SMILES string of the molecule is CCCCCCCCCCCC/C=C\CC/C=C\CCCC(=O)OC. The van der Waals surface area contributed by atoms with Gasteiger partial charge >= 0.3 is 5.97 Å². The van der Waals surface area contributed by atoms with Crippen LogP contribution in [0.2, 0.25) is 0 Å². The van der Waals surface area contributed by atoms with Gasteiger partial charge in [0.25, 0.3) is 0 Å². The highest BCUT2D eigenvalue weighted by molar-refractivity contribution is 5.68. The Balaban J connectivity index is 3.19. The van der Waals surface area contributed by atoms with Crippen molar-refractivity contribution in [3.05, 3.63) is 24.3 Å². The van der Waals surface area contributed by atoms with E-state index >= 15 is 0 Å². The van der Waals surface area contributed by atoms with Crippen molar-refractivity contribution in [3.63, 3.8) is 0 Å². The highest BCUT2D eigenvalue weighted by atomic mass is 16.5. The van der Waals surface area contributed by atoms with Crippen LogP contribution in [0.5, 0.6) is 0 Å². The highest BCUT2D eigenvalue weighted by Crippen LogP contribution is 2.11. The standard InChI is InChI=1S/C23H42O2/c1-3-4-5-6-7-8-9-10-11-12-13-14-15-16-17-18-19-20-21-22-23(24)25-2/h14-15,18-19H,3-13,16-17,20-22H2,1-2H3/b15-14-,19-18-. The molecule has 0 aromatic heterocycles. The molecule has 2 heteroatoms. The van der Waals surface area contributed by atoms with Crippen LogP contribution in [0.1, 0.15) is 110 Å². The molecule has 0 N–H and O–H groups in total. The first-order valence-electron chi connectivity index (χ1n) is 10.7. The van der Waals surface area contributed by atoms with Gasteiger partial charge in [-0.2, -0.15) is 0 Å². The molecule has 25 heavy (non-hydrogen) atoms. The number of hydrogen-bond acceptors (Lipinski definition) is 2. The number of methoxy groups -OCH3 is 1. The van der Waals surface area contributed by atoms with Gasteiger partial charge in [0, 0.05) is 6.42 Å². The van der Waals surface area contributed by atoms with Gasteiger partial charge in [-0.05, 0) is 38.5 Å². The first-order valence-corrected chi connectivity index (χ1v) is 10.7. The maximum absolute atomic E-state index is 10.9. The second-order valence-corrected chi connectivity index (χ2v) is 6.96. The summed E-state index contributed by atoms with van der Waals surface area (Å²) in [7, 11) is 1.44. The summed E-state index contributed by atoms with van der Waals surface area (Å²) in [6.07, 6.45) is 29.0. The van der Waals surface area contributed by atoms with Crippen molar-refractivity contribution in [3.8, 4) is 0 Å². The molecule has 0 heterocycles. The lowest BCUT2D eigenvalue weighted by Gasteiger charge is -2.01. The largest absolute Gasteiger partial charge is 0.469 e. The Morgan fingerprint density at radius 2 is 1.08 bits per heavy atom. The summed E-state index contributed by atoms with van der Waals surface area (Å²) in [5.74, 6) is -0.108. The molecule has 0 fully saturated rings. The Labute approximate surface area is 157 Å². The fourth-order valence-electron chi connectivity index (χ4n) is 2.88. The second-order valence-electron chi connectivity index (χ2n) is 6.96. The van der Waals surface area contributed by atoms with Crippen molar-refractivity contribution in [2.75, 3.05) is 7.11 Å². The molecule has 0 radical (unpaired) electrons. The normalized spacial score (nSPS) is 11.6. The van der Waals surface area contributed by atoms with E-state index in [0.29, 0.717) is 6.42 Å². The molecule has 0 spiro atoms. The molecule has 0 saturated carbocycles. The Bertz CT molecular complexity index is 331. The van der Waals surface area contributed by atoms with Gasteiger partial charge in [0.15, 0.2) is 0 Å². The molecular formula is C23H42O2. The Morgan fingerprint density at radius 3 is 1.60 bits per heavy atom. The van der Waals surface area contributed by atoms with E-state index in [-0.39, 0.29) is 5.97 Å². The van der Waals surface area contributed by atoms with Crippen LogP contribution in [-0.4, -0.2) is 13.1 Å². The third kappa shape index (κ3) is 20.9. The molecule has 2 nitrogen and oxygen atoms in total. The van der Waals surface area contributed by atoms with E-state index in [1.807, 2.05) is 0 Å². The molecule has 0 unspecified atom stereocenters. The molecule has 146 valence electrons. The number of hydrogen-bond donors (Lipinski definition) is 0. The Kier molecular flexibility index (Phi) is 20.1. The number of allylic oxidation sites excluding steroid dienone is 4. The summed E-state index contributed by atoms with van der Waals surface area (Å²) < 4.78 is 4.62. The molecule has 0 atom stereocenters. The van der Waals surface area contributed by atoms with Crippen molar-refractivity contribution >= 4 is 5.97 Å². The highest BCUT2D eigenvalue weighted by Gasteiger charge is 1.96. The number of esters is 1. The zero-order valence-corrected chi connectivity index (χ0v) is 16.9. The van der Waals surface area contributed by atoms with Crippen LogP contribution in [0.25, 0.3) is 0 Å². The van der Waals surface area contributed by atoms with Gasteiger partial charge in [-0.15, -0.1) is 0 Å². The maximum atomic E-state index is 10.9. The van der Waals surface area contributed by atoms with Gasteiger partial charge in [0.2, 0.25) is 0 Å². The van der Waals surface area contributed by atoms with Crippen LogP contribution in [0, 0.1) is 0 Å². The fraction of sp³-hybridized carbons (Fsp3) is 0.783. The van der Waals surface area contributed by atoms with Crippen molar-refractivity contribution < 1.29 is 9.53 Å². The van der Waals surface area contributed by atoms with Crippen molar-refractivity contribution in [1.82, 2.24) is 0 Å². The Hall–Kier alpha value is -1.05. The molecule has 0 aromatic carbocycles. The lowest BCUT2D eigenvalue weighted by molar-refractivity contribution is -0.140. The first-order chi connectivity index (χ1) is 12.3. The number of ether oxygens (including phenoxy) is 1. The molecule has 0 amide bonds. The van der Waals surface area contributed by atoms with Crippen molar-refractivity contribution in [1.29, 1.82) is 0 Å². The van der Waals surface area contributed by atoms with Gasteiger partial charge in [-0.25, -0.2) is 0 Å². The van der Waals surface area contributed by atoms with E-state index in [1.165, 1.54) is 77.7 Å². The van der Waals surface area contributed by atoms with Gasteiger partial charge in [-0.3, -0.25) is 4.79 Å².